The monoisotopic (exact) mass is 397 g/mol. The summed E-state index contributed by atoms with van der Waals surface area (Å²) in [4.78, 5) is 22.8. The van der Waals surface area contributed by atoms with Crippen LogP contribution in [-0.2, 0) is 6.54 Å². The van der Waals surface area contributed by atoms with Crippen molar-refractivity contribution in [2.45, 2.75) is 6.54 Å². The predicted molar refractivity (Wildman–Crippen MR) is 106 cm³/mol. The zero-order valence-electron chi connectivity index (χ0n) is 16.1. The number of non-ortho nitro benzene ring substituents is 1. The van der Waals surface area contributed by atoms with Gasteiger partial charge in [-0.25, -0.2) is 4.68 Å². The molecule has 150 valence electrons. The molecule has 0 radical (unpaired) electrons. The van der Waals surface area contributed by atoms with Crippen molar-refractivity contribution < 1.29 is 19.1 Å². The van der Waals surface area contributed by atoms with Gasteiger partial charge in [-0.1, -0.05) is 12.1 Å². The molecule has 3 rings (SSSR count). The third-order valence-corrected chi connectivity index (χ3v) is 4.28. The first kappa shape index (κ1) is 19.9. The van der Waals surface area contributed by atoms with Crippen LogP contribution in [-0.4, -0.2) is 36.0 Å². The highest BCUT2D eigenvalue weighted by Gasteiger charge is 2.15. The maximum Gasteiger partial charge on any atom is 0.269 e. The quantitative estimate of drug-likeness (QED) is 0.446. The molecule has 1 heterocycles. The molecule has 0 saturated carbocycles. The Morgan fingerprint density at radius 3 is 2.28 bits per heavy atom. The fourth-order valence-electron chi connectivity index (χ4n) is 2.89. The van der Waals surface area contributed by atoms with Crippen molar-refractivity contribution in [1.29, 1.82) is 0 Å². The Kier molecular flexibility index (Phi) is 5.77. The number of nitro groups is 1. The van der Waals surface area contributed by atoms with Crippen LogP contribution in [0.2, 0.25) is 0 Å². The van der Waals surface area contributed by atoms with Gasteiger partial charge < -0.3 is 14.2 Å². The van der Waals surface area contributed by atoms with Crippen LogP contribution in [0.15, 0.2) is 53.3 Å². The third-order valence-electron chi connectivity index (χ3n) is 4.28. The van der Waals surface area contributed by atoms with Crippen LogP contribution < -0.4 is 19.8 Å². The minimum atomic E-state index is -0.480. The number of ether oxygens (including phenoxy) is 3. The predicted octanol–water partition coefficient (Wildman–Crippen LogP) is 2.89. The van der Waals surface area contributed by atoms with Crippen molar-refractivity contribution in [2.24, 2.45) is 0 Å². The van der Waals surface area contributed by atoms with Crippen molar-refractivity contribution in [3.8, 4) is 28.5 Å². The Morgan fingerprint density at radius 1 is 1.00 bits per heavy atom. The molecule has 0 aliphatic carbocycles. The maximum atomic E-state index is 12.3. The van der Waals surface area contributed by atoms with Crippen LogP contribution in [0.25, 0.3) is 11.3 Å². The highest BCUT2D eigenvalue weighted by molar-refractivity contribution is 5.68. The summed E-state index contributed by atoms with van der Waals surface area (Å²) in [6, 6.07) is 12.5. The Balaban J connectivity index is 2.03. The summed E-state index contributed by atoms with van der Waals surface area (Å²) in [5.41, 5.74) is 1.39. The Morgan fingerprint density at radius 2 is 1.69 bits per heavy atom. The molecule has 3 aromatic rings. The molecule has 0 aliphatic rings. The largest absolute Gasteiger partial charge is 0.493 e. The van der Waals surface area contributed by atoms with Gasteiger partial charge in [-0.05, 0) is 23.8 Å². The number of hydrogen-bond donors (Lipinski definition) is 0. The Bertz CT molecular complexity index is 1080. The van der Waals surface area contributed by atoms with Crippen molar-refractivity contribution in [1.82, 2.24) is 9.78 Å². The van der Waals surface area contributed by atoms with Crippen molar-refractivity contribution in [3.05, 3.63) is 74.6 Å². The maximum absolute atomic E-state index is 12.3. The molecular weight excluding hydrogens is 378 g/mol. The van der Waals surface area contributed by atoms with Crippen LogP contribution >= 0.6 is 0 Å². The molecule has 0 spiro atoms. The Labute approximate surface area is 166 Å². The summed E-state index contributed by atoms with van der Waals surface area (Å²) in [7, 11) is 4.53. The minimum absolute atomic E-state index is 0.0451. The third kappa shape index (κ3) is 4.18. The number of hydrogen-bond acceptors (Lipinski definition) is 7. The van der Waals surface area contributed by atoms with E-state index in [1.807, 2.05) is 0 Å². The van der Waals surface area contributed by atoms with Gasteiger partial charge in [0.05, 0.1) is 38.5 Å². The highest BCUT2D eigenvalue weighted by Crippen LogP contribution is 2.40. The second-order valence-corrected chi connectivity index (χ2v) is 6.06. The summed E-state index contributed by atoms with van der Waals surface area (Å²) < 4.78 is 17.3. The molecule has 0 aliphatic heterocycles. The van der Waals surface area contributed by atoms with Gasteiger partial charge in [-0.15, -0.1) is 0 Å². The molecule has 0 N–H and O–H groups in total. The Hall–Kier alpha value is -3.88. The lowest BCUT2D eigenvalue weighted by atomic mass is 10.1. The molecule has 0 fully saturated rings. The van der Waals surface area contributed by atoms with Gasteiger partial charge >= 0.3 is 0 Å². The topological polar surface area (TPSA) is 106 Å². The molecule has 0 saturated heterocycles. The highest BCUT2D eigenvalue weighted by atomic mass is 16.6. The molecule has 2 aromatic carbocycles. The van der Waals surface area contributed by atoms with Crippen LogP contribution in [0.3, 0.4) is 0 Å². The van der Waals surface area contributed by atoms with E-state index in [0.717, 1.165) is 0 Å². The molecule has 9 heteroatoms. The fraction of sp³-hybridized carbons (Fsp3) is 0.200. The molecule has 0 unspecified atom stereocenters. The second kappa shape index (κ2) is 8.42. The summed E-state index contributed by atoms with van der Waals surface area (Å²) in [5, 5.41) is 15.4. The van der Waals surface area contributed by atoms with Crippen molar-refractivity contribution in [3.63, 3.8) is 0 Å². The average molecular weight is 397 g/mol. The minimum Gasteiger partial charge on any atom is -0.493 e. The zero-order chi connectivity index (χ0) is 21.0. The smallest absolute Gasteiger partial charge is 0.269 e. The van der Waals surface area contributed by atoms with Gasteiger partial charge in [0.1, 0.15) is 0 Å². The van der Waals surface area contributed by atoms with E-state index in [-0.39, 0.29) is 17.8 Å². The van der Waals surface area contributed by atoms with Crippen LogP contribution in [0.5, 0.6) is 17.2 Å². The van der Waals surface area contributed by atoms with E-state index in [2.05, 4.69) is 5.10 Å². The SMILES string of the molecule is COc1cc(-c2ccc(=O)n(Cc3cccc([N+](=O)[O-])c3)n2)cc(OC)c1OC. The first-order chi connectivity index (χ1) is 14.0. The van der Waals surface area contributed by atoms with Crippen LogP contribution in [0, 0.1) is 10.1 Å². The number of benzene rings is 2. The van der Waals surface area contributed by atoms with Gasteiger partial charge in [-0.3, -0.25) is 14.9 Å². The van der Waals surface area contributed by atoms with E-state index in [0.29, 0.717) is 34.1 Å². The lowest BCUT2D eigenvalue weighted by molar-refractivity contribution is -0.384. The summed E-state index contributed by atoms with van der Waals surface area (Å²) in [5.74, 6) is 1.36. The second-order valence-electron chi connectivity index (χ2n) is 6.06. The van der Waals surface area contributed by atoms with Gasteiger partial charge in [-0.2, -0.15) is 5.10 Å². The lowest BCUT2D eigenvalue weighted by Crippen LogP contribution is -2.22. The zero-order valence-corrected chi connectivity index (χ0v) is 16.1. The number of rotatable bonds is 7. The first-order valence-corrected chi connectivity index (χ1v) is 8.58. The average Bonchev–Trinajstić information content (AvgIpc) is 2.74. The van der Waals surface area contributed by atoms with Gasteiger partial charge in [0.25, 0.3) is 11.2 Å². The van der Waals surface area contributed by atoms with E-state index in [1.165, 1.54) is 44.2 Å². The summed E-state index contributed by atoms with van der Waals surface area (Å²) in [6.45, 7) is 0.0960. The van der Waals surface area contributed by atoms with Crippen molar-refractivity contribution >= 4 is 5.69 Å². The number of methoxy groups -OCH3 is 3. The standard InChI is InChI=1S/C20H19N3O6/c1-27-17-10-14(11-18(28-2)20(17)29-3)16-7-8-19(24)22(21-16)12-13-5-4-6-15(9-13)23(25)26/h4-11H,12H2,1-3H3. The molecule has 0 atom stereocenters. The first-order valence-electron chi connectivity index (χ1n) is 8.58. The fourth-order valence-corrected chi connectivity index (χ4v) is 2.89. The number of nitrogens with zero attached hydrogens (tertiary/aromatic N) is 3. The lowest BCUT2D eigenvalue weighted by Gasteiger charge is -2.14. The van der Waals surface area contributed by atoms with Gasteiger partial charge in [0.15, 0.2) is 11.5 Å². The molecule has 0 amide bonds. The number of nitro benzene ring substituents is 1. The normalized spacial score (nSPS) is 10.4. The molecular formula is C20H19N3O6. The van der Waals surface area contributed by atoms with E-state index >= 15 is 0 Å². The molecule has 1 aromatic heterocycles. The number of aromatic nitrogens is 2. The van der Waals surface area contributed by atoms with Gasteiger partial charge in [0, 0.05) is 23.8 Å². The van der Waals surface area contributed by atoms with Crippen LogP contribution in [0.1, 0.15) is 5.56 Å². The van der Waals surface area contributed by atoms with E-state index < -0.39 is 4.92 Å². The van der Waals surface area contributed by atoms with E-state index in [9.17, 15) is 14.9 Å². The van der Waals surface area contributed by atoms with Crippen molar-refractivity contribution in [2.75, 3.05) is 21.3 Å². The molecule has 0 bridgehead atoms. The van der Waals surface area contributed by atoms with E-state index in [1.54, 1.807) is 30.3 Å². The van der Waals surface area contributed by atoms with Gasteiger partial charge in [0.2, 0.25) is 5.75 Å². The summed E-state index contributed by atoms with van der Waals surface area (Å²) >= 11 is 0. The molecule has 29 heavy (non-hydrogen) atoms. The van der Waals surface area contributed by atoms with E-state index in [4.69, 9.17) is 14.2 Å². The summed E-state index contributed by atoms with van der Waals surface area (Å²) in [6.07, 6.45) is 0. The van der Waals surface area contributed by atoms with Crippen LogP contribution in [0.4, 0.5) is 5.69 Å². The molecule has 9 nitrogen and oxygen atoms in total.